The molecule has 4 nitrogen and oxygen atoms in total. The van der Waals surface area contributed by atoms with Crippen LogP contribution in [-0.2, 0) is 13.1 Å². The monoisotopic (exact) mass is 289 g/mol. The maximum absolute atomic E-state index is 11.3. The normalized spacial score (nSPS) is 13.4. The molecule has 1 aliphatic rings. The van der Waals surface area contributed by atoms with E-state index < -0.39 is 5.91 Å². The second-order valence-electron chi connectivity index (χ2n) is 5.56. The minimum Gasteiger partial charge on any atom is -0.366 e. The summed E-state index contributed by atoms with van der Waals surface area (Å²) in [6.07, 6.45) is 1.78. The third-order valence-corrected chi connectivity index (χ3v) is 4.17. The molecule has 2 heterocycles. The van der Waals surface area contributed by atoms with Gasteiger partial charge in [0.15, 0.2) is 0 Å². The molecule has 2 N–H and O–H groups in total. The summed E-state index contributed by atoms with van der Waals surface area (Å²) in [5, 5.41) is 2.03. The molecule has 0 bridgehead atoms. The topological polar surface area (TPSA) is 59.2 Å². The van der Waals surface area contributed by atoms with Crippen LogP contribution in [0.1, 0.15) is 21.5 Å². The van der Waals surface area contributed by atoms with Crippen molar-refractivity contribution in [1.82, 2.24) is 4.98 Å². The van der Waals surface area contributed by atoms with Gasteiger partial charge in [-0.3, -0.25) is 4.79 Å². The van der Waals surface area contributed by atoms with Crippen LogP contribution in [-0.4, -0.2) is 10.9 Å². The number of nitrogens with two attached hydrogens (primary N) is 1. The number of fused-ring (bicyclic) bond motifs is 2. The number of primary amides is 1. The minimum absolute atomic E-state index is 0.408. The molecule has 3 aromatic rings. The Labute approximate surface area is 128 Å². The van der Waals surface area contributed by atoms with E-state index in [9.17, 15) is 4.79 Å². The summed E-state index contributed by atoms with van der Waals surface area (Å²) in [5.74, 6) is 0.540. The lowest BCUT2D eigenvalue weighted by molar-refractivity contribution is 0.100. The highest BCUT2D eigenvalue weighted by molar-refractivity contribution is 6.00. The molecule has 0 spiro atoms. The fourth-order valence-corrected chi connectivity index (χ4v) is 3.05. The number of pyridine rings is 1. The Bertz CT molecular complexity index is 863. The maximum atomic E-state index is 11.3. The Morgan fingerprint density at radius 1 is 1.05 bits per heavy atom. The molecule has 4 rings (SSSR count). The summed E-state index contributed by atoms with van der Waals surface area (Å²) in [5.41, 5.74) is 8.57. The van der Waals surface area contributed by atoms with Crippen molar-refractivity contribution in [3.8, 4) is 0 Å². The van der Waals surface area contributed by atoms with Crippen LogP contribution in [0.25, 0.3) is 10.8 Å². The highest BCUT2D eigenvalue weighted by atomic mass is 16.1. The van der Waals surface area contributed by atoms with Crippen molar-refractivity contribution in [3.05, 3.63) is 71.4 Å². The van der Waals surface area contributed by atoms with Gasteiger partial charge in [-0.15, -0.1) is 0 Å². The summed E-state index contributed by atoms with van der Waals surface area (Å²) in [6, 6.07) is 15.9. The van der Waals surface area contributed by atoms with Gasteiger partial charge in [-0.25, -0.2) is 4.98 Å². The average Bonchev–Trinajstić information content (AvgIpc) is 2.97. The molecule has 0 unspecified atom stereocenters. The van der Waals surface area contributed by atoms with E-state index >= 15 is 0 Å². The van der Waals surface area contributed by atoms with E-state index in [-0.39, 0.29) is 0 Å². The molecule has 0 atom stereocenters. The molecule has 0 aliphatic carbocycles. The van der Waals surface area contributed by atoms with E-state index in [2.05, 4.69) is 34.1 Å². The summed E-state index contributed by atoms with van der Waals surface area (Å²) < 4.78 is 0. The van der Waals surface area contributed by atoms with Gasteiger partial charge < -0.3 is 10.6 Å². The van der Waals surface area contributed by atoms with E-state index in [1.165, 1.54) is 11.1 Å². The predicted molar refractivity (Wildman–Crippen MR) is 86.6 cm³/mol. The summed E-state index contributed by atoms with van der Waals surface area (Å²) in [6.45, 7) is 1.72. The minimum atomic E-state index is -0.408. The van der Waals surface area contributed by atoms with Crippen molar-refractivity contribution >= 4 is 22.5 Å². The van der Waals surface area contributed by atoms with Crippen LogP contribution in [0.4, 0.5) is 5.82 Å². The van der Waals surface area contributed by atoms with Gasteiger partial charge >= 0.3 is 0 Å². The van der Waals surface area contributed by atoms with E-state index in [1.807, 2.05) is 18.2 Å². The molecular weight excluding hydrogens is 274 g/mol. The molecule has 1 amide bonds. The van der Waals surface area contributed by atoms with Gasteiger partial charge in [0.25, 0.3) is 0 Å². The van der Waals surface area contributed by atoms with Crippen molar-refractivity contribution in [2.45, 2.75) is 13.1 Å². The lowest BCUT2D eigenvalue weighted by atomic mass is 10.1. The van der Waals surface area contributed by atoms with E-state index in [0.29, 0.717) is 5.56 Å². The van der Waals surface area contributed by atoms with Crippen LogP contribution in [0.15, 0.2) is 54.7 Å². The SMILES string of the molecule is NC(=O)c1ccc2c(N3Cc4ccccc4C3)nccc2c1. The third kappa shape index (κ3) is 2.00. The Hall–Kier alpha value is -2.88. The van der Waals surface area contributed by atoms with Gasteiger partial charge in [0.05, 0.1) is 0 Å². The molecule has 0 radical (unpaired) electrons. The second-order valence-corrected chi connectivity index (χ2v) is 5.56. The molecule has 1 aliphatic heterocycles. The van der Waals surface area contributed by atoms with Gasteiger partial charge in [-0.1, -0.05) is 24.3 Å². The molecule has 0 saturated carbocycles. The summed E-state index contributed by atoms with van der Waals surface area (Å²) >= 11 is 0. The van der Waals surface area contributed by atoms with Gasteiger partial charge in [0.2, 0.25) is 5.91 Å². The zero-order chi connectivity index (χ0) is 15.1. The van der Waals surface area contributed by atoms with Crippen molar-refractivity contribution in [3.63, 3.8) is 0 Å². The molecule has 2 aromatic carbocycles. The first-order chi connectivity index (χ1) is 10.7. The van der Waals surface area contributed by atoms with Gasteiger partial charge in [-0.05, 0) is 40.8 Å². The number of benzene rings is 2. The number of hydrogen-bond acceptors (Lipinski definition) is 3. The Morgan fingerprint density at radius 3 is 2.45 bits per heavy atom. The highest BCUT2D eigenvalue weighted by Crippen LogP contribution is 2.31. The van der Waals surface area contributed by atoms with Gasteiger partial charge in [0, 0.05) is 30.2 Å². The zero-order valence-corrected chi connectivity index (χ0v) is 12.0. The number of nitrogens with zero attached hydrogens (tertiary/aromatic N) is 2. The second kappa shape index (κ2) is 4.84. The average molecular weight is 289 g/mol. The number of carbonyl (C=O) groups is 1. The quantitative estimate of drug-likeness (QED) is 0.789. The van der Waals surface area contributed by atoms with E-state index in [1.54, 1.807) is 12.3 Å². The number of aromatic nitrogens is 1. The van der Waals surface area contributed by atoms with Crippen molar-refractivity contribution in [1.29, 1.82) is 0 Å². The van der Waals surface area contributed by atoms with Gasteiger partial charge in [-0.2, -0.15) is 0 Å². The van der Waals surface area contributed by atoms with Crippen molar-refractivity contribution in [2.75, 3.05) is 4.90 Å². The Balaban J connectivity index is 1.79. The van der Waals surface area contributed by atoms with Crippen LogP contribution < -0.4 is 10.6 Å². The highest BCUT2D eigenvalue weighted by Gasteiger charge is 2.21. The third-order valence-electron chi connectivity index (χ3n) is 4.17. The standard InChI is InChI=1S/C18H15N3O/c19-17(22)13-5-6-16-12(9-13)7-8-20-18(16)21-10-14-3-1-2-4-15(14)11-21/h1-9H,10-11H2,(H2,19,22). The Kier molecular flexibility index (Phi) is 2.82. The van der Waals surface area contributed by atoms with Crippen LogP contribution in [0, 0.1) is 0 Å². The van der Waals surface area contributed by atoms with Crippen molar-refractivity contribution < 1.29 is 4.79 Å². The van der Waals surface area contributed by atoms with Crippen LogP contribution >= 0.6 is 0 Å². The lowest BCUT2D eigenvalue weighted by Gasteiger charge is -2.18. The summed E-state index contributed by atoms with van der Waals surface area (Å²) in [7, 11) is 0. The summed E-state index contributed by atoms with van der Waals surface area (Å²) in [4.78, 5) is 18.1. The smallest absolute Gasteiger partial charge is 0.248 e. The molecule has 108 valence electrons. The largest absolute Gasteiger partial charge is 0.366 e. The lowest BCUT2D eigenvalue weighted by Crippen LogP contribution is -2.16. The Morgan fingerprint density at radius 2 is 1.77 bits per heavy atom. The number of carbonyl (C=O) groups excluding carboxylic acids is 1. The fraction of sp³-hybridized carbons (Fsp3) is 0.111. The molecular formula is C18H15N3O. The zero-order valence-electron chi connectivity index (χ0n) is 12.0. The first-order valence-corrected chi connectivity index (χ1v) is 7.23. The first kappa shape index (κ1) is 12.8. The van der Waals surface area contributed by atoms with E-state index in [0.717, 1.165) is 29.7 Å². The van der Waals surface area contributed by atoms with E-state index in [4.69, 9.17) is 5.73 Å². The molecule has 0 saturated heterocycles. The molecule has 1 aromatic heterocycles. The molecule has 4 heteroatoms. The first-order valence-electron chi connectivity index (χ1n) is 7.23. The molecule has 0 fully saturated rings. The van der Waals surface area contributed by atoms with Gasteiger partial charge in [0.1, 0.15) is 5.82 Å². The van der Waals surface area contributed by atoms with Crippen LogP contribution in [0.3, 0.4) is 0 Å². The maximum Gasteiger partial charge on any atom is 0.248 e. The fourth-order valence-electron chi connectivity index (χ4n) is 3.05. The number of hydrogen-bond donors (Lipinski definition) is 1. The number of rotatable bonds is 2. The van der Waals surface area contributed by atoms with Crippen LogP contribution in [0.5, 0.6) is 0 Å². The number of amides is 1. The van der Waals surface area contributed by atoms with Crippen LogP contribution in [0.2, 0.25) is 0 Å². The predicted octanol–water partition coefficient (Wildman–Crippen LogP) is 2.85. The number of anilines is 1. The molecule has 22 heavy (non-hydrogen) atoms. The van der Waals surface area contributed by atoms with Crippen molar-refractivity contribution in [2.24, 2.45) is 5.73 Å².